The number of aryl methyl sites for hydroxylation is 1. The molecule has 0 amide bonds. The normalized spacial score (nSPS) is 12.7. The first-order chi connectivity index (χ1) is 27.4. The molecule has 0 N–H and O–H groups in total. The van der Waals surface area contributed by atoms with Crippen LogP contribution in [0, 0.1) is 6.92 Å². The molecular formula is C54H42N2. The molecule has 9 aromatic carbocycles. The third-order valence-electron chi connectivity index (χ3n) is 11.7. The minimum Gasteiger partial charge on any atom is -0.310 e. The Labute approximate surface area is 329 Å². The van der Waals surface area contributed by atoms with E-state index in [4.69, 9.17) is 0 Å². The van der Waals surface area contributed by atoms with Crippen molar-refractivity contribution in [3.63, 3.8) is 0 Å². The van der Waals surface area contributed by atoms with E-state index in [1.165, 1.54) is 66.2 Å². The molecule has 1 aliphatic rings. The molecule has 0 spiro atoms. The highest BCUT2D eigenvalue weighted by atomic mass is 15.1. The lowest BCUT2D eigenvalue weighted by Gasteiger charge is -2.29. The van der Waals surface area contributed by atoms with Gasteiger partial charge in [0, 0.05) is 39.2 Å². The van der Waals surface area contributed by atoms with Crippen molar-refractivity contribution in [1.82, 2.24) is 0 Å². The van der Waals surface area contributed by atoms with Crippen molar-refractivity contribution in [2.24, 2.45) is 0 Å². The molecule has 0 atom stereocenters. The average molecular weight is 719 g/mol. The second-order valence-electron chi connectivity index (χ2n) is 15.5. The van der Waals surface area contributed by atoms with Crippen molar-refractivity contribution in [2.45, 2.75) is 26.2 Å². The van der Waals surface area contributed by atoms with Crippen LogP contribution in [0.4, 0.5) is 34.1 Å². The van der Waals surface area contributed by atoms with Crippen LogP contribution < -0.4 is 9.80 Å². The summed E-state index contributed by atoms with van der Waals surface area (Å²) in [6.07, 6.45) is 0. The summed E-state index contributed by atoms with van der Waals surface area (Å²) in [7, 11) is 0. The zero-order chi connectivity index (χ0) is 37.8. The first-order valence-corrected chi connectivity index (χ1v) is 19.5. The number of hydrogen-bond acceptors (Lipinski definition) is 2. The van der Waals surface area contributed by atoms with Gasteiger partial charge in [-0.25, -0.2) is 0 Å². The summed E-state index contributed by atoms with van der Waals surface area (Å²) in [6, 6.07) is 73.3. The summed E-state index contributed by atoms with van der Waals surface area (Å²) in [5.41, 5.74) is 15.6. The Balaban J connectivity index is 1.05. The highest BCUT2D eigenvalue weighted by Gasteiger charge is 2.37. The number of hydrogen-bond donors (Lipinski definition) is 0. The van der Waals surface area contributed by atoms with Gasteiger partial charge in [0.05, 0.1) is 5.69 Å². The average Bonchev–Trinajstić information content (AvgIpc) is 3.47. The number of benzene rings is 9. The molecule has 0 aromatic heterocycles. The lowest BCUT2D eigenvalue weighted by Crippen LogP contribution is -2.17. The summed E-state index contributed by atoms with van der Waals surface area (Å²) in [4.78, 5) is 4.81. The minimum absolute atomic E-state index is 0.226. The van der Waals surface area contributed by atoms with Gasteiger partial charge in [-0.15, -0.1) is 0 Å². The van der Waals surface area contributed by atoms with Gasteiger partial charge in [-0.05, 0) is 129 Å². The van der Waals surface area contributed by atoms with Crippen LogP contribution >= 0.6 is 0 Å². The Morgan fingerprint density at radius 2 is 0.875 bits per heavy atom. The minimum atomic E-state index is -0.226. The zero-order valence-electron chi connectivity index (χ0n) is 31.9. The van der Waals surface area contributed by atoms with E-state index in [9.17, 15) is 0 Å². The maximum Gasteiger partial charge on any atom is 0.0540 e. The van der Waals surface area contributed by atoms with Gasteiger partial charge >= 0.3 is 0 Å². The fourth-order valence-corrected chi connectivity index (χ4v) is 8.71. The van der Waals surface area contributed by atoms with Crippen molar-refractivity contribution in [1.29, 1.82) is 0 Å². The van der Waals surface area contributed by atoms with Gasteiger partial charge in [0.25, 0.3) is 0 Å². The van der Waals surface area contributed by atoms with Gasteiger partial charge in [-0.2, -0.15) is 0 Å². The Morgan fingerprint density at radius 1 is 0.357 bits per heavy atom. The maximum absolute atomic E-state index is 2.42. The quantitative estimate of drug-likeness (QED) is 0.162. The molecule has 0 heterocycles. The number of fused-ring (bicyclic) bond motifs is 5. The molecule has 2 nitrogen and oxygen atoms in total. The van der Waals surface area contributed by atoms with Crippen LogP contribution in [0.2, 0.25) is 0 Å². The monoisotopic (exact) mass is 718 g/mol. The number of para-hydroxylation sites is 1. The molecule has 0 fully saturated rings. The van der Waals surface area contributed by atoms with Crippen LogP contribution in [-0.4, -0.2) is 0 Å². The van der Waals surface area contributed by atoms with Crippen molar-refractivity contribution >= 4 is 55.7 Å². The SMILES string of the molecule is Cc1ccc(N(c2ccc(-c3ccc4ccccc4c3)cc2)c2ccc3c(c2)C(C)(C)c2cc(N(c4ccccc4)c4cccc5ccccc45)ccc2-3)cc1. The van der Waals surface area contributed by atoms with Crippen molar-refractivity contribution in [2.75, 3.05) is 9.80 Å². The van der Waals surface area contributed by atoms with Gasteiger partial charge < -0.3 is 9.80 Å². The zero-order valence-corrected chi connectivity index (χ0v) is 31.9. The van der Waals surface area contributed by atoms with E-state index in [1.807, 2.05) is 0 Å². The van der Waals surface area contributed by atoms with E-state index in [1.54, 1.807) is 0 Å². The summed E-state index contributed by atoms with van der Waals surface area (Å²) in [6.45, 7) is 6.91. The molecule has 56 heavy (non-hydrogen) atoms. The first kappa shape index (κ1) is 33.7. The van der Waals surface area contributed by atoms with Gasteiger partial charge in [0.2, 0.25) is 0 Å². The highest BCUT2D eigenvalue weighted by Crippen LogP contribution is 2.53. The first-order valence-electron chi connectivity index (χ1n) is 19.5. The molecule has 0 saturated carbocycles. The number of rotatable bonds is 7. The lowest BCUT2D eigenvalue weighted by molar-refractivity contribution is 0.660. The Bertz CT molecular complexity index is 2880. The topological polar surface area (TPSA) is 6.48 Å². The van der Waals surface area contributed by atoms with E-state index in [0.717, 1.165) is 28.4 Å². The Hall–Kier alpha value is -6.90. The van der Waals surface area contributed by atoms with E-state index in [-0.39, 0.29) is 5.41 Å². The molecule has 0 aliphatic heterocycles. The lowest BCUT2D eigenvalue weighted by atomic mass is 9.82. The number of nitrogens with zero attached hydrogens (tertiary/aromatic N) is 2. The van der Waals surface area contributed by atoms with Crippen molar-refractivity contribution in [3.05, 3.63) is 217 Å². The molecule has 2 heteroatoms. The standard InChI is InChI=1S/C54H42N2/c1-37-20-26-44(27-21-37)55(45-28-24-39(25-29-45)42-23-22-38-12-7-8-14-41(38)34-42)46-30-32-49-50-33-31-47(36-52(50)54(2,3)51(49)35-46)56(43-16-5-4-6-17-43)53-19-11-15-40-13-9-10-18-48(40)53/h4-36H,1-3H3. The molecule has 1 aliphatic carbocycles. The second-order valence-corrected chi connectivity index (χ2v) is 15.5. The van der Waals surface area contributed by atoms with Gasteiger partial charge in [0.15, 0.2) is 0 Å². The van der Waals surface area contributed by atoms with E-state index in [0.29, 0.717) is 0 Å². The molecule has 0 radical (unpaired) electrons. The van der Waals surface area contributed by atoms with Crippen LogP contribution in [0.25, 0.3) is 43.8 Å². The Morgan fingerprint density at radius 3 is 1.57 bits per heavy atom. The Kier molecular flexibility index (Phi) is 8.08. The predicted octanol–water partition coefficient (Wildman–Crippen LogP) is 15.2. The largest absolute Gasteiger partial charge is 0.310 e. The smallest absolute Gasteiger partial charge is 0.0540 e. The third-order valence-corrected chi connectivity index (χ3v) is 11.7. The van der Waals surface area contributed by atoms with Crippen LogP contribution in [-0.2, 0) is 5.41 Å². The summed E-state index contributed by atoms with van der Waals surface area (Å²) < 4.78 is 0. The van der Waals surface area contributed by atoms with E-state index >= 15 is 0 Å². The van der Waals surface area contributed by atoms with Crippen LogP contribution in [0.1, 0.15) is 30.5 Å². The summed E-state index contributed by atoms with van der Waals surface area (Å²) in [5, 5.41) is 4.97. The van der Waals surface area contributed by atoms with Crippen LogP contribution in [0.3, 0.4) is 0 Å². The molecular weight excluding hydrogens is 677 g/mol. The van der Waals surface area contributed by atoms with Crippen molar-refractivity contribution in [3.8, 4) is 22.3 Å². The van der Waals surface area contributed by atoms with Gasteiger partial charge in [0.1, 0.15) is 0 Å². The highest BCUT2D eigenvalue weighted by molar-refractivity contribution is 5.99. The van der Waals surface area contributed by atoms with Gasteiger partial charge in [-0.1, -0.05) is 147 Å². The van der Waals surface area contributed by atoms with E-state index in [2.05, 4.69) is 231 Å². The van der Waals surface area contributed by atoms with E-state index < -0.39 is 0 Å². The second kappa shape index (κ2) is 13.4. The molecule has 0 saturated heterocycles. The maximum atomic E-state index is 2.42. The number of anilines is 6. The molecule has 10 rings (SSSR count). The predicted molar refractivity (Wildman–Crippen MR) is 239 cm³/mol. The summed E-state index contributed by atoms with van der Waals surface area (Å²) >= 11 is 0. The molecule has 0 bridgehead atoms. The fourth-order valence-electron chi connectivity index (χ4n) is 8.71. The molecule has 9 aromatic rings. The summed E-state index contributed by atoms with van der Waals surface area (Å²) in [5.74, 6) is 0. The van der Waals surface area contributed by atoms with Crippen molar-refractivity contribution < 1.29 is 0 Å². The van der Waals surface area contributed by atoms with Gasteiger partial charge in [-0.3, -0.25) is 0 Å². The van der Waals surface area contributed by atoms with Crippen LogP contribution in [0.5, 0.6) is 0 Å². The van der Waals surface area contributed by atoms with Crippen LogP contribution in [0.15, 0.2) is 200 Å². The molecule has 0 unspecified atom stereocenters. The third kappa shape index (κ3) is 5.74. The fraction of sp³-hybridized carbons (Fsp3) is 0.0741. The molecule has 268 valence electrons.